The lowest BCUT2D eigenvalue weighted by molar-refractivity contribution is -0.138. The van der Waals surface area contributed by atoms with Crippen molar-refractivity contribution in [3.8, 4) is 0 Å². The minimum Gasteiger partial charge on any atom is -0.481 e. The fourth-order valence-corrected chi connectivity index (χ4v) is 3.37. The summed E-state index contributed by atoms with van der Waals surface area (Å²) in [5.41, 5.74) is 1.68. The standard InChI is InChI=1S/C17H15N3O3S/c1-10(12-8-4-6-11-5-2-3-7-13(11)12)19-20-17-18-16(23)14(24-17)9-15(21)22/h2-8,14H,9H2,1H3,(H,21,22)(H,18,20,23). The van der Waals surface area contributed by atoms with Gasteiger partial charge in [-0.05, 0) is 17.7 Å². The Bertz CT molecular complexity index is 871. The molecule has 2 N–H and O–H groups in total. The number of amides is 1. The van der Waals surface area contributed by atoms with Crippen LogP contribution < -0.4 is 5.32 Å². The normalized spacial score (nSPS) is 19.7. The molecule has 0 aliphatic carbocycles. The molecule has 7 heteroatoms. The molecule has 1 amide bonds. The zero-order valence-electron chi connectivity index (χ0n) is 12.9. The van der Waals surface area contributed by atoms with E-state index in [4.69, 9.17) is 5.11 Å². The average Bonchev–Trinajstić information content (AvgIpc) is 2.91. The Morgan fingerprint density at radius 1 is 1.25 bits per heavy atom. The fraction of sp³-hybridized carbons (Fsp3) is 0.176. The van der Waals surface area contributed by atoms with Gasteiger partial charge in [0.25, 0.3) is 0 Å². The number of rotatable bonds is 4. The van der Waals surface area contributed by atoms with Crippen molar-refractivity contribution in [3.05, 3.63) is 48.0 Å². The third kappa shape index (κ3) is 3.46. The summed E-state index contributed by atoms with van der Waals surface area (Å²) in [5, 5.41) is 21.5. The summed E-state index contributed by atoms with van der Waals surface area (Å²) in [7, 11) is 0. The van der Waals surface area contributed by atoms with Crippen molar-refractivity contribution in [2.24, 2.45) is 10.2 Å². The number of fused-ring (bicyclic) bond motifs is 1. The summed E-state index contributed by atoms with van der Waals surface area (Å²) in [4.78, 5) is 22.4. The quantitative estimate of drug-likeness (QED) is 0.660. The number of hydrogen-bond donors (Lipinski definition) is 2. The summed E-state index contributed by atoms with van der Waals surface area (Å²) in [6.45, 7) is 1.85. The van der Waals surface area contributed by atoms with Gasteiger partial charge in [0, 0.05) is 5.56 Å². The highest BCUT2D eigenvalue weighted by Crippen LogP contribution is 2.23. The SMILES string of the molecule is CC(=N/N=C1/NC(=O)C(CC(=O)O)S1)c1cccc2ccccc12. The number of amidine groups is 1. The molecule has 1 saturated heterocycles. The van der Waals surface area contributed by atoms with E-state index in [9.17, 15) is 9.59 Å². The van der Waals surface area contributed by atoms with Crippen LogP contribution in [0.1, 0.15) is 18.9 Å². The van der Waals surface area contributed by atoms with Crippen LogP contribution in [0.4, 0.5) is 0 Å². The van der Waals surface area contributed by atoms with Gasteiger partial charge >= 0.3 is 5.97 Å². The van der Waals surface area contributed by atoms with Gasteiger partial charge in [-0.1, -0.05) is 54.2 Å². The minimum absolute atomic E-state index is 0.235. The van der Waals surface area contributed by atoms with Crippen LogP contribution in [0.5, 0.6) is 0 Å². The monoisotopic (exact) mass is 341 g/mol. The van der Waals surface area contributed by atoms with Crippen LogP contribution in [0.15, 0.2) is 52.7 Å². The first-order chi connectivity index (χ1) is 11.5. The maximum absolute atomic E-state index is 11.7. The maximum atomic E-state index is 11.7. The summed E-state index contributed by atoms with van der Waals surface area (Å²) >= 11 is 1.09. The Morgan fingerprint density at radius 2 is 2.00 bits per heavy atom. The minimum atomic E-state index is -1.01. The largest absolute Gasteiger partial charge is 0.481 e. The number of carboxylic acid groups (broad SMARTS) is 1. The molecule has 0 spiro atoms. The second-order valence-corrected chi connectivity index (χ2v) is 6.50. The lowest BCUT2D eigenvalue weighted by Crippen LogP contribution is -2.26. The van der Waals surface area contributed by atoms with Crippen molar-refractivity contribution >= 4 is 45.3 Å². The van der Waals surface area contributed by atoms with E-state index in [0.717, 1.165) is 33.8 Å². The predicted molar refractivity (Wildman–Crippen MR) is 95.4 cm³/mol. The molecule has 1 atom stereocenters. The molecule has 0 bridgehead atoms. The zero-order chi connectivity index (χ0) is 17.1. The molecule has 122 valence electrons. The highest BCUT2D eigenvalue weighted by molar-refractivity contribution is 8.15. The van der Waals surface area contributed by atoms with E-state index in [1.807, 2.05) is 49.4 Å². The van der Waals surface area contributed by atoms with Crippen molar-refractivity contribution in [2.75, 3.05) is 0 Å². The average molecular weight is 341 g/mol. The molecule has 0 aromatic heterocycles. The molecule has 0 radical (unpaired) electrons. The summed E-state index contributed by atoms with van der Waals surface area (Å²) in [6, 6.07) is 13.9. The molecule has 0 saturated carbocycles. The Balaban J connectivity index is 1.84. The second-order valence-electron chi connectivity index (χ2n) is 5.31. The molecular weight excluding hydrogens is 326 g/mol. The molecule has 1 aliphatic rings. The summed E-state index contributed by atoms with van der Waals surface area (Å²) < 4.78 is 0. The third-order valence-electron chi connectivity index (χ3n) is 3.61. The van der Waals surface area contributed by atoms with Gasteiger partial charge in [0.05, 0.1) is 12.1 Å². The topological polar surface area (TPSA) is 91.1 Å². The van der Waals surface area contributed by atoms with Crippen LogP contribution in [-0.2, 0) is 9.59 Å². The van der Waals surface area contributed by atoms with Crippen LogP contribution in [-0.4, -0.2) is 33.1 Å². The van der Waals surface area contributed by atoms with Gasteiger partial charge in [0.15, 0.2) is 5.17 Å². The number of benzene rings is 2. The highest BCUT2D eigenvalue weighted by atomic mass is 32.2. The number of nitrogens with one attached hydrogen (secondary N) is 1. The number of aliphatic carboxylic acids is 1. The number of nitrogens with zero attached hydrogens (tertiary/aromatic N) is 2. The molecule has 1 unspecified atom stereocenters. The third-order valence-corrected chi connectivity index (χ3v) is 4.68. The van der Waals surface area contributed by atoms with E-state index in [-0.39, 0.29) is 12.3 Å². The highest BCUT2D eigenvalue weighted by Gasteiger charge is 2.32. The Kier molecular flexibility index (Phi) is 4.61. The first-order valence-electron chi connectivity index (χ1n) is 7.34. The van der Waals surface area contributed by atoms with Gasteiger partial charge in [0.1, 0.15) is 5.25 Å². The van der Waals surface area contributed by atoms with Gasteiger partial charge in [0.2, 0.25) is 5.91 Å². The van der Waals surface area contributed by atoms with Crippen LogP contribution in [0.3, 0.4) is 0 Å². The van der Waals surface area contributed by atoms with E-state index in [2.05, 4.69) is 15.5 Å². The Morgan fingerprint density at radius 3 is 2.79 bits per heavy atom. The molecular formula is C17H15N3O3S. The molecule has 24 heavy (non-hydrogen) atoms. The number of carboxylic acids is 1. The Labute approximate surface area is 142 Å². The van der Waals surface area contributed by atoms with E-state index in [1.54, 1.807) is 0 Å². The van der Waals surface area contributed by atoms with E-state index in [0.29, 0.717) is 5.17 Å². The first-order valence-corrected chi connectivity index (χ1v) is 8.22. The summed E-state index contributed by atoms with van der Waals surface area (Å²) in [6.07, 6.45) is -0.235. The van der Waals surface area contributed by atoms with Gasteiger partial charge in [-0.25, -0.2) is 0 Å². The van der Waals surface area contributed by atoms with Crippen molar-refractivity contribution in [1.29, 1.82) is 0 Å². The van der Waals surface area contributed by atoms with Crippen molar-refractivity contribution in [3.63, 3.8) is 0 Å². The van der Waals surface area contributed by atoms with E-state index < -0.39 is 11.2 Å². The molecule has 2 aromatic rings. The van der Waals surface area contributed by atoms with Crippen molar-refractivity contribution in [2.45, 2.75) is 18.6 Å². The number of hydrogen-bond acceptors (Lipinski definition) is 5. The Hall–Kier alpha value is -2.67. The first kappa shape index (κ1) is 16.2. The van der Waals surface area contributed by atoms with Gasteiger partial charge < -0.3 is 10.4 Å². The number of carbonyl (C=O) groups excluding carboxylic acids is 1. The van der Waals surface area contributed by atoms with Crippen molar-refractivity contribution in [1.82, 2.24) is 5.32 Å². The second kappa shape index (κ2) is 6.84. The van der Waals surface area contributed by atoms with Gasteiger partial charge in [-0.15, -0.1) is 5.10 Å². The number of carbonyl (C=O) groups is 2. The molecule has 1 aliphatic heterocycles. The molecule has 6 nitrogen and oxygen atoms in total. The summed E-state index contributed by atoms with van der Waals surface area (Å²) in [5.74, 6) is -1.36. The van der Waals surface area contributed by atoms with Gasteiger partial charge in [-0.3, -0.25) is 9.59 Å². The molecule has 2 aromatic carbocycles. The van der Waals surface area contributed by atoms with Crippen LogP contribution in [0.2, 0.25) is 0 Å². The molecule has 1 fully saturated rings. The molecule has 3 rings (SSSR count). The lowest BCUT2D eigenvalue weighted by atomic mass is 10.0. The zero-order valence-corrected chi connectivity index (χ0v) is 13.7. The predicted octanol–water partition coefficient (Wildman–Crippen LogP) is 2.63. The maximum Gasteiger partial charge on any atom is 0.305 e. The van der Waals surface area contributed by atoms with Crippen LogP contribution in [0.25, 0.3) is 10.8 Å². The van der Waals surface area contributed by atoms with Gasteiger partial charge in [-0.2, -0.15) is 5.10 Å². The van der Waals surface area contributed by atoms with Crippen molar-refractivity contribution < 1.29 is 14.7 Å². The number of thioether (sulfide) groups is 1. The van der Waals surface area contributed by atoms with E-state index in [1.165, 1.54) is 0 Å². The smallest absolute Gasteiger partial charge is 0.305 e. The molecule has 1 heterocycles. The fourth-order valence-electron chi connectivity index (χ4n) is 2.46. The lowest BCUT2D eigenvalue weighted by Gasteiger charge is -2.04. The van der Waals surface area contributed by atoms with E-state index >= 15 is 0 Å². The van der Waals surface area contributed by atoms with Crippen LogP contribution in [0, 0.1) is 0 Å². The van der Waals surface area contributed by atoms with Crippen LogP contribution >= 0.6 is 11.8 Å².